The van der Waals surface area contributed by atoms with E-state index >= 15 is 0 Å². The van der Waals surface area contributed by atoms with E-state index in [0.29, 0.717) is 38.0 Å². The van der Waals surface area contributed by atoms with Crippen LogP contribution in [0.1, 0.15) is 108 Å². The van der Waals surface area contributed by atoms with Gasteiger partial charge in [-0.3, -0.25) is 9.69 Å². The molecule has 3 saturated heterocycles. The highest BCUT2D eigenvalue weighted by Crippen LogP contribution is 2.65. The van der Waals surface area contributed by atoms with Crippen LogP contribution in [0.2, 0.25) is 0 Å². The van der Waals surface area contributed by atoms with Crippen LogP contribution in [0, 0.1) is 17.3 Å². The molecule has 11 heteroatoms. The first-order valence-corrected chi connectivity index (χ1v) is 20.4. The van der Waals surface area contributed by atoms with Gasteiger partial charge in [-0.25, -0.2) is 9.59 Å². The molecule has 2 aromatic rings. The summed E-state index contributed by atoms with van der Waals surface area (Å²) in [5, 5.41) is 3.36. The fourth-order valence-electron chi connectivity index (χ4n) is 10.4. The minimum Gasteiger partial charge on any atom is -0.444 e. The van der Waals surface area contributed by atoms with Gasteiger partial charge in [0.25, 0.3) is 0 Å². The lowest BCUT2D eigenvalue weighted by atomic mass is 9.43. The Hall–Kier alpha value is -3.57. The quantitative estimate of drug-likeness (QED) is 0.338. The molecule has 7 atom stereocenters. The number of carbonyl (C=O) groups is 3. The van der Waals surface area contributed by atoms with Crippen molar-refractivity contribution >= 4 is 25.1 Å². The third kappa shape index (κ3) is 7.20. The molecule has 9 rings (SSSR count). The lowest BCUT2D eigenvalue weighted by molar-refractivity contribution is -0.199. The average Bonchev–Trinajstić information content (AvgIpc) is 3.87. The summed E-state index contributed by atoms with van der Waals surface area (Å²) in [5.41, 5.74) is 3.10. The maximum Gasteiger partial charge on any atom is 0.481 e. The fraction of sp³-hybridized carbons (Fsp3) is 0.643. The van der Waals surface area contributed by atoms with E-state index in [2.05, 4.69) is 26.1 Å². The van der Waals surface area contributed by atoms with Crippen molar-refractivity contribution in [2.45, 2.75) is 141 Å². The van der Waals surface area contributed by atoms with Gasteiger partial charge in [0.1, 0.15) is 12.1 Å². The number of hydrogen-bond acceptors (Lipinski definition) is 6. The number of carbonyl (C=O) groups excluding carboxylic acids is 3. The van der Waals surface area contributed by atoms with Gasteiger partial charge in [-0.05, 0) is 66.5 Å². The average molecular weight is 725 g/mol. The first kappa shape index (κ1) is 36.4. The Morgan fingerprint density at radius 2 is 1.57 bits per heavy atom. The Kier molecular flexibility index (Phi) is 10.3. The lowest BCUT2D eigenvalue weighted by Gasteiger charge is -2.64. The molecule has 284 valence electrons. The lowest BCUT2D eigenvalue weighted by Crippen LogP contribution is -2.65. The van der Waals surface area contributed by atoms with Crippen LogP contribution in [0.4, 0.5) is 9.59 Å². The van der Waals surface area contributed by atoms with E-state index < -0.39 is 25.4 Å². The minimum atomic E-state index is -0.796. The molecule has 4 heterocycles. The SMILES string of the molecule is CC1(C)[C@@H]2CC3OB([C@@H]4CCCCCCCCCN(Cc5ccccc5)C(=O)N5C[C@H](OC(=O)N6Cc7ccccc7C6)C[C@H]5C(=O)N4)O[C@]3(C)[C@H]1C2. The zero-order valence-corrected chi connectivity index (χ0v) is 31.8. The normalized spacial score (nSPS) is 33.1. The number of nitrogens with one attached hydrogen (secondary N) is 1. The van der Waals surface area contributed by atoms with E-state index in [0.717, 1.165) is 80.9 Å². The molecule has 10 nitrogen and oxygen atoms in total. The standard InChI is InChI=1S/C42H57BN4O6/c1-41(2)32-22-35(41)42(3)36(23-32)52-43(53-42)37-20-12-7-5-4-6-8-15-21-45(25-29-16-10-9-11-17-29)39(49)47-28-33(24-34(47)38(48)44-37)51-40(50)46-26-30-18-13-14-19-31(30)27-46/h9-11,13-14,16-19,32-37H,4-8,12,15,20-28H2,1-3H3,(H,44,48)/t32-,33+,34-,35-,36?,37-,42+/m0/s1. The predicted octanol–water partition coefficient (Wildman–Crippen LogP) is 7.09. The van der Waals surface area contributed by atoms with Crippen molar-refractivity contribution in [1.29, 1.82) is 0 Å². The van der Waals surface area contributed by atoms with Crippen LogP contribution < -0.4 is 5.32 Å². The highest BCUT2D eigenvalue weighted by Gasteiger charge is 2.68. The monoisotopic (exact) mass is 724 g/mol. The molecule has 2 bridgehead atoms. The summed E-state index contributed by atoms with van der Waals surface area (Å²) in [6, 6.07) is 17.1. The van der Waals surface area contributed by atoms with Crippen LogP contribution >= 0.6 is 0 Å². The van der Waals surface area contributed by atoms with Crippen molar-refractivity contribution in [2.24, 2.45) is 17.3 Å². The van der Waals surface area contributed by atoms with Gasteiger partial charge >= 0.3 is 19.2 Å². The van der Waals surface area contributed by atoms with E-state index in [1.807, 2.05) is 59.5 Å². The highest BCUT2D eigenvalue weighted by molar-refractivity contribution is 6.48. The molecule has 0 spiro atoms. The first-order valence-electron chi connectivity index (χ1n) is 20.4. The van der Waals surface area contributed by atoms with Crippen LogP contribution in [0.3, 0.4) is 0 Å². The maximum atomic E-state index is 14.6. The Morgan fingerprint density at radius 1 is 0.887 bits per heavy atom. The van der Waals surface area contributed by atoms with Crippen molar-refractivity contribution < 1.29 is 28.4 Å². The number of fused-ring (bicyclic) bond motifs is 2. The summed E-state index contributed by atoms with van der Waals surface area (Å²) in [5.74, 6) is 0.466. The van der Waals surface area contributed by atoms with Crippen molar-refractivity contribution in [3.8, 4) is 0 Å². The number of amides is 4. The second kappa shape index (κ2) is 14.9. The van der Waals surface area contributed by atoms with Gasteiger partial charge in [0.2, 0.25) is 5.91 Å². The fourth-order valence-corrected chi connectivity index (χ4v) is 10.4. The summed E-state index contributed by atoms with van der Waals surface area (Å²) in [6.45, 7) is 9.11. The summed E-state index contributed by atoms with van der Waals surface area (Å²) in [4.78, 5) is 48.0. The molecular weight excluding hydrogens is 667 g/mol. The number of nitrogens with zero attached hydrogens (tertiary/aromatic N) is 3. The number of urea groups is 1. The minimum absolute atomic E-state index is 0.0122. The smallest absolute Gasteiger partial charge is 0.444 e. The molecule has 0 aromatic heterocycles. The number of ether oxygens (including phenoxy) is 1. The van der Waals surface area contributed by atoms with Crippen LogP contribution in [0.15, 0.2) is 54.6 Å². The third-order valence-corrected chi connectivity index (χ3v) is 13.7. The van der Waals surface area contributed by atoms with Gasteiger partial charge in [-0.2, -0.15) is 0 Å². The summed E-state index contributed by atoms with van der Waals surface area (Å²) in [7, 11) is -0.548. The van der Waals surface area contributed by atoms with Crippen molar-refractivity contribution in [3.63, 3.8) is 0 Å². The largest absolute Gasteiger partial charge is 0.481 e. The predicted molar refractivity (Wildman–Crippen MR) is 202 cm³/mol. The number of hydrogen-bond donors (Lipinski definition) is 1. The summed E-state index contributed by atoms with van der Waals surface area (Å²) >= 11 is 0. The molecule has 3 aliphatic carbocycles. The molecular formula is C42H57BN4O6. The van der Waals surface area contributed by atoms with Crippen molar-refractivity contribution in [3.05, 3.63) is 71.3 Å². The number of rotatable bonds is 4. The Morgan fingerprint density at radius 3 is 2.28 bits per heavy atom. The van der Waals surface area contributed by atoms with Crippen molar-refractivity contribution in [1.82, 2.24) is 20.0 Å². The zero-order chi connectivity index (χ0) is 36.7. The summed E-state index contributed by atoms with van der Waals surface area (Å²) < 4.78 is 19.8. The van der Waals surface area contributed by atoms with Gasteiger partial charge in [0, 0.05) is 32.6 Å². The first-order chi connectivity index (χ1) is 25.6. The van der Waals surface area contributed by atoms with Gasteiger partial charge in [0.15, 0.2) is 0 Å². The Bertz CT molecular complexity index is 1630. The topological polar surface area (TPSA) is 101 Å². The highest BCUT2D eigenvalue weighted by atomic mass is 16.7. The Balaban J connectivity index is 1.03. The van der Waals surface area contributed by atoms with Crippen LogP contribution in [0.5, 0.6) is 0 Å². The van der Waals surface area contributed by atoms with Gasteiger partial charge in [0.05, 0.1) is 24.2 Å². The second-order valence-electron chi connectivity index (χ2n) is 17.4. The molecule has 53 heavy (non-hydrogen) atoms. The molecule has 1 N–H and O–H groups in total. The second-order valence-corrected chi connectivity index (χ2v) is 17.4. The van der Waals surface area contributed by atoms with Gasteiger partial charge in [-0.1, -0.05) is 107 Å². The van der Waals surface area contributed by atoms with E-state index in [-0.39, 0.29) is 48.0 Å². The van der Waals surface area contributed by atoms with E-state index in [9.17, 15) is 14.4 Å². The van der Waals surface area contributed by atoms with E-state index in [4.69, 9.17) is 14.0 Å². The van der Waals surface area contributed by atoms with E-state index in [1.54, 1.807) is 9.80 Å². The zero-order valence-electron chi connectivity index (χ0n) is 31.8. The molecule has 6 fully saturated rings. The molecule has 3 saturated carbocycles. The molecule has 7 aliphatic rings. The van der Waals surface area contributed by atoms with Gasteiger partial charge < -0.3 is 29.2 Å². The molecule has 4 amide bonds. The molecule has 1 unspecified atom stereocenters. The van der Waals surface area contributed by atoms with Crippen molar-refractivity contribution in [2.75, 3.05) is 13.1 Å². The molecule has 4 aliphatic heterocycles. The van der Waals surface area contributed by atoms with Crippen LogP contribution in [-0.4, -0.2) is 82.7 Å². The van der Waals surface area contributed by atoms with Gasteiger partial charge in [-0.15, -0.1) is 0 Å². The number of benzene rings is 2. The van der Waals surface area contributed by atoms with E-state index in [1.165, 1.54) is 0 Å². The maximum absolute atomic E-state index is 14.6. The third-order valence-electron chi connectivity index (χ3n) is 13.7. The summed E-state index contributed by atoms with van der Waals surface area (Å²) in [6.07, 6.45) is 9.53. The van der Waals surface area contributed by atoms with Crippen LogP contribution in [-0.2, 0) is 38.5 Å². The molecule has 2 aromatic carbocycles. The Labute approximate surface area is 315 Å². The molecule has 0 radical (unpaired) electrons. The van der Waals surface area contributed by atoms with Crippen LogP contribution in [0.25, 0.3) is 0 Å².